The van der Waals surface area contributed by atoms with Gasteiger partial charge in [-0.3, -0.25) is 0 Å². The monoisotopic (exact) mass is 229 g/mol. The van der Waals surface area contributed by atoms with Crippen LogP contribution in [0.15, 0.2) is 30.3 Å². The number of rotatable bonds is 7. The van der Waals surface area contributed by atoms with Gasteiger partial charge in [0.1, 0.15) is 5.75 Å². The summed E-state index contributed by atoms with van der Waals surface area (Å²) in [5.41, 5.74) is 0.998. The molecule has 0 aliphatic heterocycles. The number of allylic oxidation sites excluding steroid dienone is 1. The van der Waals surface area contributed by atoms with E-state index in [1.54, 1.807) is 6.08 Å². The van der Waals surface area contributed by atoms with Gasteiger partial charge in [0.2, 0.25) is 0 Å². The molecule has 1 aromatic carbocycles. The van der Waals surface area contributed by atoms with Gasteiger partial charge in [0.15, 0.2) is 0 Å². The lowest BCUT2D eigenvalue weighted by Crippen LogP contribution is -1.97. The quantitative estimate of drug-likeness (QED) is 0.519. The molecule has 0 fully saturated rings. The molecule has 90 valence electrons. The second-order valence-corrected chi connectivity index (χ2v) is 3.94. The molecular formula is C15H19NO. The average molecular weight is 229 g/mol. The largest absolute Gasteiger partial charge is 0.494 e. The van der Waals surface area contributed by atoms with Gasteiger partial charge in [0.05, 0.1) is 12.7 Å². The minimum Gasteiger partial charge on any atom is -0.494 e. The third-order valence-electron chi connectivity index (χ3n) is 2.48. The van der Waals surface area contributed by atoms with E-state index < -0.39 is 0 Å². The molecule has 0 bridgehead atoms. The van der Waals surface area contributed by atoms with Crippen molar-refractivity contribution in [3.63, 3.8) is 0 Å². The fourth-order valence-corrected chi connectivity index (χ4v) is 1.56. The van der Waals surface area contributed by atoms with Crippen molar-refractivity contribution < 1.29 is 4.74 Å². The van der Waals surface area contributed by atoms with Crippen LogP contribution in [0.25, 0.3) is 6.08 Å². The van der Waals surface area contributed by atoms with Crippen LogP contribution in [0.3, 0.4) is 0 Å². The van der Waals surface area contributed by atoms with E-state index in [9.17, 15) is 0 Å². The molecule has 0 N–H and O–H groups in total. The highest BCUT2D eigenvalue weighted by molar-refractivity contribution is 5.53. The number of ether oxygens (including phenoxy) is 1. The zero-order valence-corrected chi connectivity index (χ0v) is 10.4. The highest BCUT2D eigenvalue weighted by Crippen LogP contribution is 2.15. The molecule has 2 nitrogen and oxygen atoms in total. The molecule has 0 amide bonds. The maximum absolute atomic E-state index is 8.45. The van der Waals surface area contributed by atoms with E-state index in [0.717, 1.165) is 24.3 Å². The van der Waals surface area contributed by atoms with Crippen molar-refractivity contribution in [2.24, 2.45) is 0 Å². The molecule has 0 saturated heterocycles. The fourth-order valence-electron chi connectivity index (χ4n) is 1.56. The van der Waals surface area contributed by atoms with Crippen LogP contribution < -0.4 is 4.74 Å². The van der Waals surface area contributed by atoms with Crippen LogP contribution in [0.1, 0.15) is 38.2 Å². The Morgan fingerprint density at radius 1 is 1.29 bits per heavy atom. The summed E-state index contributed by atoms with van der Waals surface area (Å²) in [4.78, 5) is 0. The molecule has 0 atom stereocenters. The highest BCUT2D eigenvalue weighted by atomic mass is 16.5. The minimum absolute atomic E-state index is 0.769. The van der Waals surface area contributed by atoms with E-state index in [0.29, 0.717) is 0 Å². The molecule has 0 heterocycles. The topological polar surface area (TPSA) is 33.0 Å². The highest BCUT2D eigenvalue weighted by Gasteiger charge is 1.94. The van der Waals surface area contributed by atoms with Gasteiger partial charge in [0.25, 0.3) is 0 Å². The predicted molar refractivity (Wildman–Crippen MR) is 70.7 cm³/mol. The summed E-state index contributed by atoms with van der Waals surface area (Å²) in [5.74, 6) is 0.876. The summed E-state index contributed by atoms with van der Waals surface area (Å²) in [6.45, 7) is 2.97. The molecule has 0 spiro atoms. The van der Waals surface area contributed by atoms with E-state index in [1.807, 2.05) is 30.3 Å². The lowest BCUT2D eigenvalue weighted by atomic mass is 10.2. The first kappa shape index (κ1) is 13.3. The number of hydrogen-bond acceptors (Lipinski definition) is 2. The van der Waals surface area contributed by atoms with E-state index in [2.05, 4.69) is 6.92 Å². The standard InChI is InChI=1S/C15H19NO/c1-2-3-4-5-12-17-15-10-6-8-14(13-15)9-7-11-16/h6-10,13H,2-5,12H2,1H3/b9-7+. The molecule has 17 heavy (non-hydrogen) atoms. The number of benzene rings is 1. The van der Waals surface area contributed by atoms with E-state index in [4.69, 9.17) is 10.00 Å². The Labute approximate surface area is 104 Å². The molecular weight excluding hydrogens is 210 g/mol. The van der Waals surface area contributed by atoms with Crippen molar-refractivity contribution in [2.75, 3.05) is 6.61 Å². The zero-order valence-electron chi connectivity index (χ0n) is 10.4. The van der Waals surface area contributed by atoms with Gasteiger partial charge in [-0.15, -0.1) is 0 Å². The van der Waals surface area contributed by atoms with Crippen molar-refractivity contribution >= 4 is 6.08 Å². The lowest BCUT2D eigenvalue weighted by Gasteiger charge is -2.06. The smallest absolute Gasteiger partial charge is 0.119 e. The molecule has 0 radical (unpaired) electrons. The Morgan fingerprint density at radius 2 is 2.18 bits per heavy atom. The summed E-state index contributed by atoms with van der Waals surface area (Å²) in [5, 5.41) is 8.45. The first-order chi connectivity index (χ1) is 8.36. The van der Waals surface area contributed by atoms with Crippen LogP contribution in [-0.2, 0) is 0 Å². The SMILES string of the molecule is CCCCCCOc1cccc(/C=C/C#N)c1. The maximum Gasteiger partial charge on any atom is 0.119 e. The van der Waals surface area contributed by atoms with Gasteiger partial charge in [-0.2, -0.15) is 5.26 Å². The Hall–Kier alpha value is -1.75. The van der Waals surface area contributed by atoms with E-state index >= 15 is 0 Å². The third kappa shape index (κ3) is 5.77. The zero-order chi connectivity index (χ0) is 12.3. The van der Waals surface area contributed by atoms with Crippen molar-refractivity contribution in [2.45, 2.75) is 32.6 Å². The summed E-state index contributed by atoms with van der Waals surface area (Å²) >= 11 is 0. The van der Waals surface area contributed by atoms with Crippen molar-refractivity contribution in [1.82, 2.24) is 0 Å². The Bertz CT molecular complexity index is 390. The molecule has 1 rings (SSSR count). The second kappa shape index (κ2) is 8.41. The molecule has 0 unspecified atom stereocenters. The van der Waals surface area contributed by atoms with Gasteiger partial charge in [-0.05, 0) is 30.2 Å². The normalized spacial score (nSPS) is 10.4. The van der Waals surface area contributed by atoms with Crippen molar-refractivity contribution in [3.8, 4) is 11.8 Å². The summed E-state index contributed by atoms with van der Waals surface area (Å²) in [7, 11) is 0. The predicted octanol–water partition coefficient (Wildman–Crippen LogP) is 4.18. The van der Waals surface area contributed by atoms with Crippen LogP contribution in [0.2, 0.25) is 0 Å². The minimum atomic E-state index is 0.769. The summed E-state index contributed by atoms with van der Waals surface area (Å²) in [6.07, 6.45) is 8.10. The third-order valence-corrected chi connectivity index (χ3v) is 2.48. The van der Waals surface area contributed by atoms with Gasteiger partial charge in [-0.25, -0.2) is 0 Å². The van der Waals surface area contributed by atoms with E-state index in [1.165, 1.54) is 25.3 Å². The number of hydrogen-bond donors (Lipinski definition) is 0. The summed E-state index contributed by atoms with van der Waals surface area (Å²) in [6, 6.07) is 9.78. The van der Waals surface area contributed by atoms with Crippen LogP contribution >= 0.6 is 0 Å². The Balaban J connectivity index is 2.38. The maximum atomic E-state index is 8.45. The average Bonchev–Trinajstić information content (AvgIpc) is 2.37. The van der Waals surface area contributed by atoms with Crippen LogP contribution in [-0.4, -0.2) is 6.61 Å². The molecule has 0 aromatic heterocycles. The molecule has 1 aromatic rings. The second-order valence-electron chi connectivity index (χ2n) is 3.94. The summed E-state index contributed by atoms with van der Waals surface area (Å²) < 4.78 is 5.66. The number of nitriles is 1. The number of nitrogens with zero attached hydrogens (tertiary/aromatic N) is 1. The Morgan fingerprint density at radius 3 is 2.94 bits per heavy atom. The molecule has 2 heteroatoms. The van der Waals surface area contributed by atoms with Crippen molar-refractivity contribution in [3.05, 3.63) is 35.9 Å². The molecule has 0 saturated carbocycles. The lowest BCUT2D eigenvalue weighted by molar-refractivity contribution is 0.305. The van der Waals surface area contributed by atoms with Crippen LogP contribution in [0.4, 0.5) is 0 Å². The first-order valence-corrected chi connectivity index (χ1v) is 6.16. The van der Waals surface area contributed by atoms with Crippen LogP contribution in [0, 0.1) is 11.3 Å². The fraction of sp³-hybridized carbons (Fsp3) is 0.400. The van der Waals surface area contributed by atoms with Crippen LogP contribution in [0.5, 0.6) is 5.75 Å². The Kier molecular flexibility index (Phi) is 6.59. The van der Waals surface area contributed by atoms with Gasteiger partial charge < -0.3 is 4.74 Å². The van der Waals surface area contributed by atoms with Gasteiger partial charge in [-0.1, -0.05) is 38.3 Å². The number of unbranched alkanes of at least 4 members (excludes halogenated alkanes) is 3. The van der Waals surface area contributed by atoms with Crippen molar-refractivity contribution in [1.29, 1.82) is 5.26 Å². The van der Waals surface area contributed by atoms with Gasteiger partial charge >= 0.3 is 0 Å². The molecule has 0 aliphatic rings. The van der Waals surface area contributed by atoms with E-state index in [-0.39, 0.29) is 0 Å². The van der Waals surface area contributed by atoms with Gasteiger partial charge in [0, 0.05) is 6.08 Å². The molecule has 0 aliphatic carbocycles. The first-order valence-electron chi connectivity index (χ1n) is 6.16.